The van der Waals surface area contributed by atoms with Gasteiger partial charge < -0.3 is 0 Å². The Morgan fingerprint density at radius 3 is 1.10 bits per heavy atom. The van der Waals surface area contributed by atoms with Crippen molar-refractivity contribution in [2.45, 2.75) is 0 Å². The van der Waals surface area contributed by atoms with Crippen LogP contribution in [0.3, 0.4) is 0 Å². The zero-order chi connectivity index (χ0) is 15.3. The molecule has 0 saturated heterocycles. The lowest BCUT2D eigenvalue weighted by molar-refractivity contribution is 0.565. The molecule has 1 aromatic carbocycles. The van der Waals surface area contributed by atoms with E-state index in [-0.39, 0.29) is 17.1 Å². The molecule has 102 valence electrons. The Kier molecular flexibility index (Phi) is 6.85. The van der Waals surface area contributed by atoms with Crippen molar-refractivity contribution in [3.8, 4) is 0 Å². The topological polar surface area (TPSA) is 127 Å². The number of nitrogens with zero attached hydrogens (tertiary/aromatic N) is 6. The molecule has 2 aromatic rings. The molecular weight excluding hydrogens is 276 g/mol. The summed E-state index contributed by atoms with van der Waals surface area (Å²) in [5.41, 5.74) is 0.571. The van der Waals surface area contributed by atoms with E-state index < -0.39 is 0 Å². The van der Waals surface area contributed by atoms with E-state index in [4.69, 9.17) is 0 Å². The van der Waals surface area contributed by atoms with Crippen molar-refractivity contribution in [1.29, 1.82) is 0 Å². The van der Waals surface area contributed by atoms with Crippen LogP contribution in [0.4, 0.5) is 17.1 Å². The first-order valence-electron chi connectivity index (χ1n) is 5.24. The van der Waals surface area contributed by atoms with Gasteiger partial charge in [-0.3, -0.25) is 0 Å². The Morgan fingerprint density at radius 2 is 0.905 bits per heavy atom. The van der Waals surface area contributed by atoms with Gasteiger partial charge in [0.2, 0.25) is 18.2 Å². The minimum Gasteiger partial charge on any atom is -0.225 e. The summed E-state index contributed by atoms with van der Waals surface area (Å²) in [6.45, 7) is 0. The molecule has 1 heterocycles. The Hall–Kier alpha value is -3.63. The molecule has 0 aliphatic heterocycles. The van der Waals surface area contributed by atoms with Gasteiger partial charge in [-0.05, 0) is 18.2 Å². The normalized spacial score (nSPS) is 8.00. The van der Waals surface area contributed by atoms with Crippen LogP contribution in [0.2, 0.25) is 0 Å². The first kappa shape index (κ1) is 15.4. The van der Waals surface area contributed by atoms with E-state index in [9.17, 15) is 14.4 Å². The fourth-order valence-electron chi connectivity index (χ4n) is 1.14. The van der Waals surface area contributed by atoms with Crippen molar-refractivity contribution in [1.82, 2.24) is 15.0 Å². The molecule has 0 amide bonds. The summed E-state index contributed by atoms with van der Waals surface area (Å²) in [4.78, 5) is 50.6. The van der Waals surface area contributed by atoms with Gasteiger partial charge in [-0.25, -0.2) is 29.3 Å². The van der Waals surface area contributed by atoms with Crippen molar-refractivity contribution in [3.05, 3.63) is 37.2 Å². The van der Waals surface area contributed by atoms with E-state index in [2.05, 4.69) is 29.9 Å². The molecule has 0 fully saturated rings. The van der Waals surface area contributed by atoms with Crippen LogP contribution < -0.4 is 0 Å². The molecule has 0 unspecified atom stereocenters. The number of benzene rings is 1. The molecule has 2 rings (SSSR count). The van der Waals surface area contributed by atoms with Gasteiger partial charge in [0.15, 0.2) is 0 Å². The summed E-state index contributed by atoms with van der Waals surface area (Å²) in [5, 5.41) is 0. The Morgan fingerprint density at radius 1 is 0.619 bits per heavy atom. The molecule has 21 heavy (non-hydrogen) atoms. The highest BCUT2D eigenvalue weighted by Crippen LogP contribution is 2.27. The van der Waals surface area contributed by atoms with Crippen LogP contribution in [-0.2, 0) is 14.4 Å². The minimum atomic E-state index is 0.190. The Bertz CT molecular complexity index is 615. The number of carbonyl (C=O) groups excluding carboxylic acids is 3. The van der Waals surface area contributed by atoms with E-state index in [1.54, 1.807) is 0 Å². The second-order valence-electron chi connectivity index (χ2n) is 3.11. The highest BCUT2D eigenvalue weighted by Gasteiger charge is 1.98. The fraction of sp³-hybridized carbons (Fsp3) is 0. The number of rotatable bonds is 3. The third-order valence-electron chi connectivity index (χ3n) is 1.81. The third-order valence-corrected chi connectivity index (χ3v) is 1.81. The van der Waals surface area contributed by atoms with Crippen LogP contribution in [0.1, 0.15) is 0 Å². The summed E-state index contributed by atoms with van der Waals surface area (Å²) >= 11 is 0. The molecule has 0 aliphatic rings. The lowest BCUT2D eigenvalue weighted by Crippen LogP contribution is -1.73. The van der Waals surface area contributed by atoms with Gasteiger partial charge in [-0.1, -0.05) is 0 Å². The molecular formula is C12H6N6O3. The van der Waals surface area contributed by atoms with E-state index >= 15 is 0 Å². The molecule has 0 aliphatic carbocycles. The van der Waals surface area contributed by atoms with Gasteiger partial charge in [0.25, 0.3) is 0 Å². The summed E-state index contributed by atoms with van der Waals surface area (Å²) in [6.07, 6.45) is 8.26. The lowest BCUT2D eigenvalue weighted by atomic mass is 10.2. The van der Waals surface area contributed by atoms with Crippen LogP contribution in [0.15, 0.2) is 52.2 Å². The van der Waals surface area contributed by atoms with Crippen LogP contribution >= 0.6 is 0 Å². The predicted molar refractivity (Wildman–Crippen MR) is 69.6 cm³/mol. The predicted octanol–water partition coefficient (Wildman–Crippen LogP) is 1.46. The molecule has 0 spiro atoms. The molecule has 0 N–H and O–H groups in total. The van der Waals surface area contributed by atoms with Crippen LogP contribution in [-0.4, -0.2) is 33.2 Å². The largest absolute Gasteiger partial charge is 0.240 e. The number of aliphatic imine (C=N–C) groups is 3. The standard InChI is InChI=1S/C9H3N3O3.C3H3N3/c13-4-10-7-1-8(11-5-14)3-9(2-7)12-6-15;1-4-2-6-3-5-1/h1-3H;1-3H. The fourth-order valence-corrected chi connectivity index (χ4v) is 1.14. The highest BCUT2D eigenvalue weighted by atomic mass is 16.1. The number of hydrogen-bond acceptors (Lipinski definition) is 9. The summed E-state index contributed by atoms with van der Waals surface area (Å²) in [5.74, 6) is 0. The van der Waals surface area contributed by atoms with Gasteiger partial charge in [-0.2, -0.15) is 15.0 Å². The molecule has 0 saturated carbocycles. The van der Waals surface area contributed by atoms with E-state index in [0.29, 0.717) is 0 Å². The molecule has 1 aromatic heterocycles. The third kappa shape index (κ3) is 6.19. The quantitative estimate of drug-likeness (QED) is 0.619. The summed E-state index contributed by atoms with van der Waals surface area (Å²) in [6, 6.07) is 4.04. The van der Waals surface area contributed by atoms with E-state index in [0.717, 1.165) is 0 Å². The Balaban J connectivity index is 0.000000304. The monoisotopic (exact) mass is 282 g/mol. The summed E-state index contributed by atoms with van der Waals surface area (Å²) < 4.78 is 0. The second-order valence-corrected chi connectivity index (χ2v) is 3.11. The number of hydrogen-bond donors (Lipinski definition) is 0. The maximum absolute atomic E-state index is 10.0. The number of aromatic nitrogens is 3. The van der Waals surface area contributed by atoms with Crippen LogP contribution in [0.5, 0.6) is 0 Å². The van der Waals surface area contributed by atoms with Crippen molar-refractivity contribution >= 4 is 35.3 Å². The smallest absolute Gasteiger partial charge is 0.225 e. The van der Waals surface area contributed by atoms with Gasteiger partial charge in [0.1, 0.15) is 19.0 Å². The lowest BCUT2D eigenvalue weighted by Gasteiger charge is -1.95. The zero-order valence-electron chi connectivity index (χ0n) is 10.4. The molecule has 0 bridgehead atoms. The van der Waals surface area contributed by atoms with Crippen molar-refractivity contribution in [2.24, 2.45) is 15.0 Å². The average Bonchev–Trinajstić information content (AvgIpc) is 2.50. The Labute approximate surface area is 117 Å². The molecule has 0 radical (unpaired) electrons. The SMILES string of the molecule is O=C=Nc1cc(N=C=O)cc(N=C=O)c1.c1ncncn1. The molecule has 9 heteroatoms. The van der Waals surface area contributed by atoms with Crippen molar-refractivity contribution in [2.75, 3.05) is 0 Å². The first-order valence-corrected chi connectivity index (χ1v) is 5.24. The maximum Gasteiger partial charge on any atom is 0.240 e. The van der Waals surface area contributed by atoms with Gasteiger partial charge in [0, 0.05) is 0 Å². The molecule has 9 nitrogen and oxygen atoms in total. The van der Waals surface area contributed by atoms with Crippen LogP contribution in [0.25, 0.3) is 0 Å². The second kappa shape index (κ2) is 9.32. The molecule has 0 atom stereocenters. The van der Waals surface area contributed by atoms with E-state index in [1.807, 2.05) is 0 Å². The minimum absolute atomic E-state index is 0.190. The van der Waals surface area contributed by atoms with E-state index in [1.165, 1.54) is 55.4 Å². The average molecular weight is 282 g/mol. The van der Waals surface area contributed by atoms with Crippen molar-refractivity contribution in [3.63, 3.8) is 0 Å². The van der Waals surface area contributed by atoms with Gasteiger partial charge in [0.05, 0.1) is 17.1 Å². The zero-order valence-corrected chi connectivity index (χ0v) is 10.4. The highest BCUT2D eigenvalue weighted by molar-refractivity contribution is 5.66. The number of isocyanates is 3. The summed E-state index contributed by atoms with van der Waals surface area (Å²) in [7, 11) is 0. The van der Waals surface area contributed by atoms with Crippen molar-refractivity contribution < 1.29 is 14.4 Å². The maximum atomic E-state index is 10.0. The first-order chi connectivity index (χ1) is 10.3. The van der Waals surface area contributed by atoms with Gasteiger partial charge in [-0.15, -0.1) is 0 Å². The van der Waals surface area contributed by atoms with Crippen LogP contribution in [0, 0.1) is 0 Å². The van der Waals surface area contributed by atoms with Gasteiger partial charge >= 0.3 is 0 Å².